The van der Waals surface area contributed by atoms with Crippen molar-refractivity contribution < 1.29 is 4.79 Å². The maximum absolute atomic E-state index is 11.4. The van der Waals surface area contributed by atoms with E-state index in [2.05, 4.69) is 6.08 Å². The van der Waals surface area contributed by atoms with Crippen LogP contribution in [0.5, 0.6) is 0 Å². The zero-order chi connectivity index (χ0) is 7.84. The van der Waals surface area contributed by atoms with Gasteiger partial charge in [0.1, 0.15) is 0 Å². The third-order valence-corrected chi connectivity index (χ3v) is 2.39. The summed E-state index contributed by atoms with van der Waals surface area (Å²) in [6.07, 6.45) is 7.12. The lowest BCUT2D eigenvalue weighted by Gasteiger charge is -2.27. The van der Waals surface area contributed by atoms with Crippen LogP contribution < -0.4 is 0 Å². The van der Waals surface area contributed by atoms with Gasteiger partial charge in [-0.15, -0.1) is 0 Å². The molecule has 58 valence electrons. The minimum absolute atomic E-state index is 0.200. The maximum atomic E-state index is 11.4. The van der Waals surface area contributed by atoms with Gasteiger partial charge in [0.05, 0.1) is 0 Å². The molecule has 0 spiro atoms. The molecule has 0 saturated carbocycles. The molecule has 1 aliphatic heterocycles. The lowest BCUT2D eigenvalue weighted by atomic mass is 9.94. The van der Waals surface area contributed by atoms with Crippen molar-refractivity contribution in [2.45, 2.75) is 6.42 Å². The van der Waals surface area contributed by atoms with E-state index >= 15 is 0 Å². The molecule has 2 heteroatoms. The minimum Gasteiger partial charge on any atom is -0.342 e. The molecular weight excluding hydrogens is 138 g/mol. The number of likely N-dealkylation sites (tertiary alicyclic amines) is 1. The molecule has 1 amide bonds. The van der Waals surface area contributed by atoms with Gasteiger partial charge in [-0.1, -0.05) is 18.2 Å². The van der Waals surface area contributed by atoms with Crippen LogP contribution in [0.25, 0.3) is 0 Å². The molecule has 2 nitrogen and oxygen atoms in total. The average Bonchev–Trinajstić information content (AvgIpc) is 2.45. The highest BCUT2D eigenvalue weighted by Crippen LogP contribution is 2.28. The van der Waals surface area contributed by atoms with E-state index in [4.69, 9.17) is 0 Å². The quantitative estimate of drug-likeness (QED) is 0.502. The third kappa shape index (κ3) is 0.897. The van der Waals surface area contributed by atoms with Crippen LogP contribution in [0.4, 0.5) is 0 Å². The molecule has 0 radical (unpaired) electrons. The average molecular weight is 149 g/mol. The van der Waals surface area contributed by atoms with E-state index in [0.29, 0.717) is 5.92 Å². The highest BCUT2D eigenvalue weighted by Gasteiger charge is 2.28. The van der Waals surface area contributed by atoms with Gasteiger partial charge in [-0.05, 0) is 6.42 Å². The second kappa shape index (κ2) is 2.22. The SMILES string of the molecule is CN1CCC2C=CC=C2C1=O. The summed E-state index contributed by atoms with van der Waals surface area (Å²) in [7, 11) is 1.86. The van der Waals surface area contributed by atoms with Gasteiger partial charge in [0.15, 0.2) is 0 Å². The highest BCUT2D eigenvalue weighted by molar-refractivity contribution is 5.95. The van der Waals surface area contributed by atoms with Crippen molar-refractivity contribution in [1.29, 1.82) is 0 Å². The van der Waals surface area contributed by atoms with Crippen molar-refractivity contribution in [1.82, 2.24) is 4.90 Å². The van der Waals surface area contributed by atoms with Gasteiger partial charge in [0.2, 0.25) is 5.91 Å². The first-order valence-corrected chi connectivity index (χ1v) is 3.93. The Hall–Kier alpha value is -1.05. The topological polar surface area (TPSA) is 20.3 Å². The molecule has 1 atom stereocenters. The van der Waals surface area contributed by atoms with Crippen molar-refractivity contribution >= 4 is 5.91 Å². The number of carbonyl (C=O) groups is 1. The number of allylic oxidation sites excluding steroid dienone is 3. The number of carbonyl (C=O) groups excluding carboxylic acids is 1. The smallest absolute Gasteiger partial charge is 0.250 e. The molecule has 2 rings (SSSR count). The summed E-state index contributed by atoms with van der Waals surface area (Å²) >= 11 is 0. The first kappa shape index (κ1) is 6.65. The Bertz CT molecular complexity index is 252. The van der Waals surface area contributed by atoms with E-state index in [-0.39, 0.29) is 5.91 Å². The van der Waals surface area contributed by atoms with E-state index in [1.165, 1.54) is 0 Å². The van der Waals surface area contributed by atoms with Gasteiger partial charge >= 0.3 is 0 Å². The van der Waals surface area contributed by atoms with E-state index in [1.54, 1.807) is 4.90 Å². The maximum Gasteiger partial charge on any atom is 0.250 e. The summed E-state index contributed by atoms with van der Waals surface area (Å²) in [5.41, 5.74) is 0.971. The predicted octanol–water partition coefficient (Wildman–Crippen LogP) is 0.961. The van der Waals surface area contributed by atoms with Gasteiger partial charge in [-0.3, -0.25) is 4.79 Å². The predicted molar refractivity (Wildman–Crippen MR) is 43.0 cm³/mol. The number of rotatable bonds is 0. The number of fused-ring (bicyclic) bond motifs is 1. The molecule has 0 aromatic rings. The van der Waals surface area contributed by atoms with E-state index < -0.39 is 0 Å². The fraction of sp³-hybridized carbons (Fsp3) is 0.444. The molecule has 0 aromatic heterocycles. The second-order valence-corrected chi connectivity index (χ2v) is 3.13. The van der Waals surface area contributed by atoms with Gasteiger partial charge < -0.3 is 4.90 Å². The van der Waals surface area contributed by atoms with Crippen LogP contribution in [0.15, 0.2) is 23.8 Å². The van der Waals surface area contributed by atoms with Crippen LogP contribution in [0.1, 0.15) is 6.42 Å². The largest absolute Gasteiger partial charge is 0.342 e. The first-order chi connectivity index (χ1) is 5.29. The molecule has 0 bridgehead atoms. The third-order valence-electron chi connectivity index (χ3n) is 2.39. The summed E-state index contributed by atoms with van der Waals surface area (Å²) in [5.74, 6) is 0.616. The Morgan fingerprint density at radius 3 is 3.27 bits per heavy atom. The second-order valence-electron chi connectivity index (χ2n) is 3.13. The Morgan fingerprint density at radius 1 is 1.64 bits per heavy atom. The molecule has 1 saturated heterocycles. The summed E-state index contributed by atoms with van der Waals surface area (Å²) in [6.45, 7) is 0.894. The number of likely N-dealkylation sites (N-methyl/N-ethyl adjacent to an activating group) is 1. The molecule has 0 aromatic carbocycles. The lowest BCUT2D eigenvalue weighted by Crippen LogP contribution is -2.36. The number of amides is 1. The number of hydrogen-bond donors (Lipinski definition) is 0. The lowest BCUT2D eigenvalue weighted by molar-refractivity contribution is -0.127. The fourth-order valence-corrected chi connectivity index (χ4v) is 1.66. The van der Waals surface area contributed by atoms with Gasteiger partial charge in [0.25, 0.3) is 0 Å². The molecular formula is C9H11NO. The Balaban J connectivity index is 2.27. The molecule has 1 heterocycles. The summed E-state index contributed by atoms with van der Waals surface area (Å²) in [6, 6.07) is 0. The van der Waals surface area contributed by atoms with Crippen LogP contribution in [-0.2, 0) is 4.79 Å². The molecule has 1 unspecified atom stereocenters. The normalized spacial score (nSPS) is 28.8. The van der Waals surface area contributed by atoms with Gasteiger partial charge in [-0.25, -0.2) is 0 Å². The number of nitrogens with zero attached hydrogens (tertiary/aromatic N) is 1. The van der Waals surface area contributed by atoms with Crippen LogP contribution in [0.3, 0.4) is 0 Å². The fourth-order valence-electron chi connectivity index (χ4n) is 1.66. The summed E-state index contributed by atoms with van der Waals surface area (Å²) < 4.78 is 0. The molecule has 0 N–H and O–H groups in total. The Morgan fingerprint density at radius 2 is 2.45 bits per heavy atom. The van der Waals surface area contributed by atoms with Gasteiger partial charge in [0, 0.05) is 25.1 Å². The van der Waals surface area contributed by atoms with Crippen molar-refractivity contribution in [2.24, 2.45) is 5.92 Å². The molecule has 1 aliphatic carbocycles. The molecule has 2 aliphatic rings. The van der Waals surface area contributed by atoms with Crippen LogP contribution >= 0.6 is 0 Å². The number of hydrogen-bond acceptors (Lipinski definition) is 1. The minimum atomic E-state index is 0.200. The van der Waals surface area contributed by atoms with Crippen LogP contribution in [-0.4, -0.2) is 24.4 Å². The monoisotopic (exact) mass is 149 g/mol. The zero-order valence-corrected chi connectivity index (χ0v) is 6.58. The van der Waals surface area contributed by atoms with Crippen molar-refractivity contribution in [3.05, 3.63) is 23.8 Å². The Labute approximate surface area is 66.2 Å². The summed E-state index contributed by atoms with van der Waals surface area (Å²) in [5, 5.41) is 0. The zero-order valence-electron chi connectivity index (χ0n) is 6.58. The van der Waals surface area contributed by atoms with Crippen molar-refractivity contribution in [3.8, 4) is 0 Å². The summed E-state index contributed by atoms with van der Waals surface area (Å²) in [4.78, 5) is 13.2. The van der Waals surface area contributed by atoms with E-state index in [1.807, 2.05) is 19.2 Å². The van der Waals surface area contributed by atoms with E-state index in [0.717, 1.165) is 18.5 Å². The van der Waals surface area contributed by atoms with E-state index in [9.17, 15) is 4.79 Å². The Kier molecular flexibility index (Phi) is 1.34. The van der Waals surface area contributed by atoms with Crippen molar-refractivity contribution in [3.63, 3.8) is 0 Å². The molecule has 11 heavy (non-hydrogen) atoms. The highest BCUT2D eigenvalue weighted by atomic mass is 16.2. The van der Waals surface area contributed by atoms with Crippen LogP contribution in [0.2, 0.25) is 0 Å². The van der Waals surface area contributed by atoms with Crippen molar-refractivity contribution in [2.75, 3.05) is 13.6 Å². The molecule has 1 fully saturated rings. The van der Waals surface area contributed by atoms with Crippen LogP contribution in [0, 0.1) is 5.92 Å². The van der Waals surface area contributed by atoms with Gasteiger partial charge in [-0.2, -0.15) is 0 Å². The number of piperidine rings is 1. The standard InChI is InChI=1S/C9H11NO/c1-10-6-5-7-3-2-4-8(7)9(10)11/h2-4,7H,5-6H2,1H3. The first-order valence-electron chi connectivity index (χ1n) is 3.93.